The van der Waals surface area contributed by atoms with Crippen LogP contribution in [0.25, 0.3) is 0 Å². The summed E-state index contributed by atoms with van der Waals surface area (Å²) in [6, 6.07) is -0.806. The van der Waals surface area contributed by atoms with Crippen LogP contribution in [0.1, 0.15) is 12.8 Å². The van der Waals surface area contributed by atoms with Gasteiger partial charge in [0, 0.05) is 26.2 Å². The van der Waals surface area contributed by atoms with Crippen molar-refractivity contribution < 1.29 is 32.9 Å². The number of rotatable bonds is 8. The highest BCUT2D eigenvalue weighted by atomic mass is 31.2. The van der Waals surface area contributed by atoms with Crippen LogP contribution in [0.2, 0.25) is 0 Å². The first-order valence-corrected chi connectivity index (χ1v) is 8.29. The minimum absolute atomic E-state index is 0.142. The first kappa shape index (κ1) is 18.6. The molecule has 2 rings (SSSR count). The third kappa shape index (κ3) is 5.14. The molecule has 0 saturated carbocycles. The van der Waals surface area contributed by atoms with Crippen LogP contribution in [0, 0.1) is 0 Å². The van der Waals surface area contributed by atoms with Gasteiger partial charge in [-0.25, -0.2) is 0 Å². The number of ether oxygens (including phenoxy) is 4. The predicted molar refractivity (Wildman–Crippen MR) is 80.7 cm³/mol. The first-order chi connectivity index (χ1) is 10.5. The lowest BCUT2D eigenvalue weighted by Crippen LogP contribution is -2.29. The summed E-state index contributed by atoms with van der Waals surface area (Å²) >= 11 is 0. The fourth-order valence-electron chi connectivity index (χ4n) is 2.60. The van der Waals surface area contributed by atoms with Crippen molar-refractivity contribution in [2.24, 2.45) is 0 Å². The van der Waals surface area contributed by atoms with Gasteiger partial charge in [0.25, 0.3) is 0 Å². The zero-order chi connectivity index (χ0) is 16.1. The molecule has 2 fully saturated rings. The molecule has 7 atom stereocenters. The summed E-state index contributed by atoms with van der Waals surface area (Å²) < 4.78 is 32.0. The Labute approximate surface area is 134 Å². The zero-order valence-corrected chi connectivity index (χ0v) is 13.7. The van der Waals surface area contributed by atoms with E-state index in [-0.39, 0.29) is 37.0 Å². The molecule has 2 saturated heterocycles. The van der Waals surface area contributed by atoms with Gasteiger partial charge >= 0.3 is 8.60 Å². The van der Waals surface area contributed by atoms with E-state index in [0.717, 1.165) is 0 Å². The van der Waals surface area contributed by atoms with Crippen molar-refractivity contribution in [3.05, 3.63) is 0 Å². The maximum atomic E-state index is 9.92. The molecule has 7 nitrogen and oxygen atoms in total. The molecular formula is C12H21B2O7P. The lowest BCUT2D eigenvalue weighted by atomic mass is 9.96. The molecule has 1 N–H and O–H groups in total. The monoisotopic (exact) mass is 330 g/mol. The van der Waals surface area contributed by atoms with E-state index in [4.69, 9.17) is 43.7 Å². The molecule has 10 heteroatoms. The van der Waals surface area contributed by atoms with Crippen LogP contribution in [-0.2, 0) is 28.0 Å². The topological polar surface area (TPSA) is 75.6 Å². The van der Waals surface area contributed by atoms with Gasteiger partial charge in [0.15, 0.2) is 0 Å². The van der Waals surface area contributed by atoms with E-state index >= 15 is 0 Å². The van der Waals surface area contributed by atoms with Crippen molar-refractivity contribution in [1.82, 2.24) is 0 Å². The fraction of sp³-hybridized carbons (Fsp3) is 1.00. The minimum atomic E-state index is -2.07. The number of methoxy groups -OCH3 is 2. The van der Waals surface area contributed by atoms with Crippen LogP contribution >= 0.6 is 8.60 Å². The third-order valence-electron chi connectivity index (χ3n) is 3.67. The second kappa shape index (κ2) is 8.94. The molecule has 2 aliphatic rings. The summed E-state index contributed by atoms with van der Waals surface area (Å²) in [4.78, 5) is 9.92. The van der Waals surface area contributed by atoms with E-state index in [1.807, 2.05) is 0 Å². The first-order valence-electron chi connectivity index (χ1n) is 7.16. The standard InChI is InChI=1S/C12H21B2O7P/c1-16-5-9-8(4-12(14)19-9)21-22(15)18-6-10-7(17-2)3-11(13)20-10/h7-12,15H,3-6H2,1-2H3. The number of hydrogen-bond donors (Lipinski definition) is 1. The van der Waals surface area contributed by atoms with E-state index in [2.05, 4.69) is 0 Å². The number of hydrogen-bond acceptors (Lipinski definition) is 7. The minimum Gasteiger partial charge on any atom is -0.382 e. The maximum absolute atomic E-state index is 9.92. The van der Waals surface area contributed by atoms with E-state index < -0.39 is 14.6 Å². The molecule has 0 bridgehead atoms. The van der Waals surface area contributed by atoms with Crippen molar-refractivity contribution in [1.29, 1.82) is 0 Å². The molecule has 0 amide bonds. The van der Waals surface area contributed by atoms with Crippen molar-refractivity contribution >= 4 is 24.3 Å². The Morgan fingerprint density at radius 3 is 2.23 bits per heavy atom. The third-order valence-corrected chi connectivity index (χ3v) is 4.49. The summed E-state index contributed by atoms with van der Waals surface area (Å²) in [6.45, 7) is 0.483. The Kier molecular flexibility index (Phi) is 7.57. The molecule has 2 heterocycles. The van der Waals surface area contributed by atoms with E-state index in [9.17, 15) is 4.89 Å². The van der Waals surface area contributed by atoms with Crippen LogP contribution in [-0.4, -0.2) is 84.4 Å². The normalized spacial score (nSPS) is 40.1. The summed E-state index contributed by atoms with van der Waals surface area (Å²) in [6.07, 6.45) is -0.0849. The largest absolute Gasteiger partial charge is 0.382 e. The second-order valence-electron chi connectivity index (χ2n) is 5.30. The van der Waals surface area contributed by atoms with Crippen LogP contribution in [0.5, 0.6) is 0 Å². The molecule has 2 aliphatic heterocycles. The van der Waals surface area contributed by atoms with Gasteiger partial charge in [-0.05, 0) is 12.8 Å². The molecule has 0 aromatic rings. The van der Waals surface area contributed by atoms with E-state index in [1.54, 1.807) is 14.2 Å². The van der Waals surface area contributed by atoms with Crippen LogP contribution in [0.3, 0.4) is 0 Å². The lowest BCUT2D eigenvalue weighted by molar-refractivity contribution is -0.0295. The Morgan fingerprint density at radius 2 is 1.64 bits per heavy atom. The van der Waals surface area contributed by atoms with Crippen LogP contribution < -0.4 is 0 Å². The van der Waals surface area contributed by atoms with E-state index in [0.29, 0.717) is 19.4 Å². The lowest BCUT2D eigenvalue weighted by Gasteiger charge is -2.22. The molecule has 4 radical (unpaired) electrons. The Bertz CT molecular complexity index is 341. The quantitative estimate of drug-likeness (QED) is 0.489. The van der Waals surface area contributed by atoms with Crippen molar-refractivity contribution in [3.63, 3.8) is 0 Å². The average Bonchev–Trinajstić information content (AvgIpc) is 3.00. The smallest absolute Gasteiger partial charge is 0.330 e. The Hall–Kier alpha value is 0.280. The molecule has 7 unspecified atom stereocenters. The van der Waals surface area contributed by atoms with Gasteiger partial charge in [0.05, 0.1) is 25.4 Å². The summed E-state index contributed by atoms with van der Waals surface area (Å²) in [7, 11) is 12.5. The molecular weight excluding hydrogens is 309 g/mol. The molecule has 122 valence electrons. The average molecular weight is 330 g/mol. The SMILES string of the molecule is [B]C1CC(OC)C(COP(O)OC2CC([B])OC2COC)O1. The molecule has 22 heavy (non-hydrogen) atoms. The fourth-order valence-corrected chi connectivity index (χ4v) is 3.39. The molecule has 0 aromatic heterocycles. The van der Waals surface area contributed by atoms with Gasteiger partial charge in [-0.3, -0.25) is 0 Å². The molecule has 0 aromatic carbocycles. The zero-order valence-electron chi connectivity index (χ0n) is 12.8. The molecule has 0 spiro atoms. The van der Waals surface area contributed by atoms with Gasteiger partial charge in [-0.1, -0.05) is 0 Å². The highest BCUT2D eigenvalue weighted by Crippen LogP contribution is 2.40. The van der Waals surface area contributed by atoms with Crippen molar-refractivity contribution in [2.75, 3.05) is 27.4 Å². The van der Waals surface area contributed by atoms with Gasteiger partial charge < -0.3 is 32.9 Å². The van der Waals surface area contributed by atoms with Crippen molar-refractivity contribution in [3.8, 4) is 0 Å². The van der Waals surface area contributed by atoms with Crippen LogP contribution in [0.15, 0.2) is 0 Å². The molecule has 0 aliphatic carbocycles. The highest BCUT2D eigenvalue weighted by molar-refractivity contribution is 7.40. The predicted octanol–water partition coefficient (Wildman–Crippen LogP) is -0.164. The van der Waals surface area contributed by atoms with E-state index in [1.165, 1.54) is 0 Å². The van der Waals surface area contributed by atoms with Gasteiger partial charge in [0.2, 0.25) is 0 Å². The van der Waals surface area contributed by atoms with Crippen molar-refractivity contribution in [2.45, 2.75) is 49.3 Å². The highest BCUT2D eigenvalue weighted by Gasteiger charge is 2.37. The van der Waals surface area contributed by atoms with Gasteiger partial charge in [-0.2, -0.15) is 0 Å². The summed E-state index contributed by atoms with van der Waals surface area (Å²) in [5, 5.41) is 0. The second-order valence-corrected chi connectivity index (χ2v) is 6.25. The van der Waals surface area contributed by atoms with Gasteiger partial charge in [-0.15, -0.1) is 0 Å². The summed E-state index contributed by atoms with van der Waals surface area (Å²) in [5.74, 6) is 0. The van der Waals surface area contributed by atoms with Gasteiger partial charge in [0.1, 0.15) is 27.9 Å². The maximum Gasteiger partial charge on any atom is 0.330 e. The Balaban J connectivity index is 1.74. The summed E-state index contributed by atoms with van der Waals surface area (Å²) in [5.41, 5.74) is 0. The Morgan fingerprint density at radius 1 is 1.05 bits per heavy atom. The van der Waals surface area contributed by atoms with Crippen LogP contribution in [0.4, 0.5) is 0 Å².